The minimum Gasteiger partial charge on any atom is -0.0622 e. The summed E-state index contributed by atoms with van der Waals surface area (Å²) < 4.78 is 88.9. The van der Waals surface area contributed by atoms with Gasteiger partial charge in [0.1, 0.15) is 0 Å². The van der Waals surface area contributed by atoms with Gasteiger partial charge < -0.3 is 0 Å². The van der Waals surface area contributed by atoms with Gasteiger partial charge in [-0.05, 0) is 117 Å². The van der Waals surface area contributed by atoms with Gasteiger partial charge in [0.25, 0.3) is 0 Å². The second kappa shape index (κ2) is 12.5. The van der Waals surface area contributed by atoms with Crippen molar-refractivity contribution < 1.29 is 13.7 Å². The van der Waals surface area contributed by atoms with E-state index in [9.17, 15) is 5.48 Å². The van der Waals surface area contributed by atoms with Gasteiger partial charge in [-0.2, -0.15) is 0 Å². The summed E-state index contributed by atoms with van der Waals surface area (Å²) in [7, 11) is 0. The first kappa shape index (κ1) is 21.5. The minimum absolute atomic E-state index is 0.00185. The Morgan fingerprint density at radius 2 is 0.635 bits per heavy atom. The monoisotopic (exact) mass is 668 g/mol. The van der Waals surface area contributed by atoms with Crippen molar-refractivity contribution in [2.45, 2.75) is 0 Å². The molecule has 0 N–H and O–H groups in total. The zero-order chi connectivity index (χ0) is 43.1. The Morgan fingerprint density at radius 1 is 0.231 bits per heavy atom. The predicted molar refractivity (Wildman–Crippen MR) is 224 cm³/mol. The lowest BCUT2D eigenvalue weighted by Crippen LogP contribution is -1.95. The Balaban J connectivity index is 1.49. The van der Waals surface area contributed by atoms with Crippen molar-refractivity contribution in [2.24, 2.45) is 0 Å². The lowest BCUT2D eigenvalue weighted by atomic mass is 9.81. The molecule has 0 aliphatic carbocycles. The third kappa shape index (κ3) is 4.92. The Kier molecular flexibility index (Phi) is 5.17. The summed E-state index contributed by atoms with van der Waals surface area (Å²) in [5, 5.41) is 5.52. The summed E-state index contributed by atoms with van der Waals surface area (Å²) in [5.74, 6) is 0. The predicted octanol–water partition coefficient (Wildman–Crippen LogP) is 14.6. The number of hydrogen-bond acceptors (Lipinski definition) is 0. The summed E-state index contributed by atoms with van der Waals surface area (Å²) in [6.07, 6.45) is 0. The van der Waals surface area contributed by atoms with Crippen molar-refractivity contribution in [2.75, 3.05) is 0 Å². The summed E-state index contributed by atoms with van der Waals surface area (Å²) in [6, 6.07) is 43.6. The van der Waals surface area contributed by atoms with Gasteiger partial charge in [-0.1, -0.05) is 188 Å². The average Bonchev–Trinajstić information content (AvgIpc) is 3.31. The fraction of sp³-hybridized carbons (Fsp3) is 0. The Bertz CT molecular complexity index is 3450. The summed E-state index contributed by atoms with van der Waals surface area (Å²) >= 11 is 0. The van der Waals surface area contributed by atoms with Crippen molar-refractivity contribution in [3.63, 3.8) is 0 Å². The van der Waals surface area contributed by atoms with Gasteiger partial charge in [0, 0.05) is 0 Å². The maximum absolute atomic E-state index is 9.27. The van der Waals surface area contributed by atoms with E-state index in [0.29, 0.717) is 32.7 Å². The first-order chi connectivity index (χ1) is 30.0. The van der Waals surface area contributed by atoms with Crippen molar-refractivity contribution >= 4 is 43.1 Å². The van der Waals surface area contributed by atoms with Crippen LogP contribution in [0.25, 0.3) is 98.7 Å². The fourth-order valence-corrected chi connectivity index (χ4v) is 7.84. The second-order valence-corrected chi connectivity index (χ2v) is 12.8. The van der Waals surface area contributed by atoms with E-state index in [-0.39, 0.29) is 35.3 Å². The molecular formula is C52H34. The van der Waals surface area contributed by atoms with E-state index in [0.717, 1.165) is 54.9 Å². The zero-order valence-corrected chi connectivity index (χ0v) is 27.9. The standard InChI is InChI=1S/C52H34/c1-5-18-35(19-6-1)39-26-17-27-40(32-39)52-42-29-14-13-28-41(42)45-33-47-48(34-46(45)51(52)38-24-11-4-12-25-38)50(37-22-9-3-10-23-37)44-31-16-15-30-43(44)49(47)36-20-7-2-8-21-36/h1-34H/i2D,3D,7D,8D,9D,10D,20D,21D,22D,23D. The van der Waals surface area contributed by atoms with E-state index >= 15 is 0 Å². The highest BCUT2D eigenvalue weighted by Gasteiger charge is 2.22. The molecule has 242 valence electrons. The van der Waals surface area contributed by atoms with Gasteiger partial charge >= 0.3 is 0 Å². The van der Waals surface area contributed by atoms with Crippen molar-refractivity contribution in [1.29, 1.82) is 0 Å². The van der Waals surface area contributed by atoms with Crippen LogP contribution in [0.4, 0.5) is 0 Å². The molecule has 0 nitrogen and oxygen atoms in total. The largest absolute Gasteiger partial charge is 0.0629 e. The quantitative estimate of drug-likeness (QED) is 0.126. The van der Waals surface area contributed by atoms with Crippen LogP contribution in [-0.2, 0) is 0 Å². The second-order valence-electron chi connectivity index (χ2n) is 12.8. The van der Waals surface area contributed by atoms with E-state index in [1.807, 2.05) is 60.7 Å². The maximum atomic E-state index is 9.27. The van der Waals surface area contributed by atoms with Crippen LogP contribution in [0.3, 0.4) is 0 Å². The van der Waals surface area contributed by atoms with Gasteiger partial charge in [-0.3, -0.25) is 0 Å². The van der Waals surface area contributed by atoms with Gasteiger partial charge in [0.05, 0.1) is 13.7 Å². The molecule has 0 spiro atoms. The van der Waals surface area contributed by atoms with Crippen molar-refractivity contribution in [3.05, 3.63) is 206 Å². The molecule has 0 bridgehead atoms. The first-order valence-corrected chi connectivity index (χ1v) is 17.2. The molecule has 52 heavy (non-hydrogen) atoms. The lowest BCUT2D eigenvalue weighted by Gasteiger charge is -2.22. The molecule has 10 aromatic carbocycles. The molecule has 0 fully saturated rings. The van der Waals surface area contributed by atoms with Gasteiger partial charge in [0.15, 0.2) is 0 Å². The van der Waals surface area contributed by atoms with E-state index in [1.165, 1.54) is 0 Å². The summed E-state index contributed by atoms with van der Waals surface area (Å²) in [6.45, 7) is 0. The molecule has 0 heterocycles. The van der Waals surface area contributed by atoms with Crippen LogP contribution in [0.15, 0.2) is 206 Å². The number of rotatable bonds is 5. The van der Waals surface area contributed by atoms with E-state index in [4.69, 9.17) is 8.22 Å². The van der Waals surface area contributed by atoms with Gasteiger partial charge in [-0.25, -0.2) is 0 Å². The van der Waals surface area contributed by atoms with E-state index < -0.39 is 36.3 Å². The molecule has 0 saturated heterocycles. The molecule has 10 aromatic rings. The highest BCUT2D eigenvalue weighted by atomic mass is 14.2. The number of benzene rings is 10. The third-order valence-corrected chi connectivity index (χ3v) is 9.99. The Hall–Kier alpha value is -6.76. The lowest BCUT2D eigenvalue weighted by molar-refractivity contribution is 1.60. The molecule has 0 aliphatic heterocycles. The van der Waals surface area contributed by atoms with Gasteiger partial charge in [0.2, 0.25) is 0 Å². The molecular weight excluding hydrogens is 625 g/mol. The van der Waals surface area contributed by atoms with Crippen LogP contribution in [0, 0.1) is 0 Å². The van der Waals surface area contributed by atoms with Crippen LogP contribution >= 0.6 is 0 Å². The summed E-state index contributed by atoms with van der Waals surface area (Å²) in [4.78, 5) is 0. The highest BCUT2D eigenvalue weighted by Crippen LogP contribution is 2.50. The topological polar surface area (TPSA) is 0 Å². The Morgan fingerprint density at radius 3 is 1.21 bits per heavy atom. The maximum Gasteiger partial charge on any atom is 0.0629 e. The van der Waals surface area contributed by atoms with Gasteiger partial charge in [-0.15, -0.1) is 0 Å². The average molecular weight is 669 g/mol. The molecule has 0 heteroatoms. The Labute approximate surface area is 317 Å². The van der Waals surface area contributed by atoms with Crippen molar-refractivity contribution in [3.8, 4) is 55.6 Å². The SMILES string of the molecule is [2H]c1c([2H])c([2H])c(-c2c3ccccc3c(-c3c([2H])c([2H])c([2H])c([2H])c3[2H])c3cc4c(cc23)c(-c2ccccc2)c(-c2cccc(-c3ccccc3)c2)c2ccccc24)c([2H])c1[2H]. The zero-order valence-electron chi connectivity index (χ0n) is 37.9. The molecule has 10 rings (SSSR count). The smallest absolute Gasteiger partial charge is 0.0622 e. The number of hydrogen-bond donors (Lipinski definition) is 0. The third-order valence-electron chi connectivity index (χ3n) is 9.99. The summed E-state index contributed by atoms with van der Waals surface area (Å²) in [5.41, 5.74) is 6.69. The van der Waals surface area contributed by atoms with Crippen molar-refractivity contribution in [1.82, 2.24) is 0 Å². The molecule has 0 aromatic heterocycles. The molecule has 0 aliphatic rings. The van der Waals surface area contributed by atoms with Crippen LogP contribution in [-0.4, -0.2) is 0 Å². The molecule has 0 unspecified atom stereocenters. The van der Waals surface area contributed by atoms with Crippen LogP contribution in [0.5, 0.6) is 0 Å². The van der Waals surface area contributed by atoms with Crippen LogP contribution in [0.2, 0.25) is 0 Å². The highest BCUT2D eigenvalue weighted by molar-refractivity contribution is 6.29. The minimum atomic E-state index is -0.515. The molecule has 0 radical (unpaired) electrons. The van der Waals surface area contributed by atoms with Crippen LogP contribution in [0.1, 0.15) is 13.7 Å². The molecule has 0 atom stereocenters. The molecule has 0 saturated carbocycles. The van der Waals surface area contributed by atoms with E-state index in [1.54, 1.807) is 24.3 Å². The fourth-order valence-electron chi connectivity index (χ4n) is 7.84. The van der Waals surface area contributed by atoms with E-state index in [2.05, 4.69) is 60.7 Å². The number of fused-ring (bicyclic) bond motifs is 5. The normalized spacial score (nSPS) is 14.2. The molecule has 0 amide bonds. The first-order valence-electron chi connectivity index (χ1n) is 22.2. The van der Waals surface area contributed by atoms with Crippen LogP contribution < -0.4 is 0 Å².